The van der Waals surface area contributed by atoms with Gasteiger partial charge in [-0.2, -0.15) is 0 Å². The molecule has 0 radical (unpaired) electrons. The molecule has 1 fully saturated rings. The molecular formula is C17H26N2O3. The number of rotatable bonds is 7. The molecule has 0 aromatic carbocycles. The lowest BCUT2D eigenvalue weighted by atomic mass is 9.98. The molecule has 0 bridgehead atoms. The van der Waals surface area contributed by atoms with Crippen LogP contribution in [0.4, 0.5) is 0 Å². The molecule has 1 aliphatic rings. The van der Waals surface area contributed by atoms with E-state index >= 15 is 0 Å². The highest BCUT2D eigenvalue weighted by molar-refractivity contribution is 5.94. The Kier molecular flexibility index (Phi) is 6.80. The summed E-state index contributed by atoms with van der Waals surface area (Å²) in [7, 11) is 0. The first kappa shape index (κ1) is 16.9. The lowest BCUT2D eigenvalue weighted by Gasteiger charge is -2.35. The molecule has 122 valence electrons. The maximum atomic E-state index is 12.9. The van der Waals surface area contributed by atoms with E-state index in [1.165, 1.54) is 0 Å². The minimum atomic E-state index is -0.00903. The van der Waals surface area contributed by atoms with Crippen LogP contribution in [0.15, 0.2) is 18.3 Å². The van der Waals surface area contributed by atoms with E-state index in [0.717, 1.165) is 31.4 Å². The number of nitrogens with zero attached hydrogens (tertiary/aromatic N) is 2. The third-order valence-electron chi connectivity index (χ3n) is 4.16. The van der Waals surface area contributed by atoms with Crippen molar-refractivity contribution in [2.45, 2.75) is 45.1 Å². The van der Waals surface area contributed by atoms with Crippen LogP contribution in [0.3, 0.4) is 0 Å². The summed E-state index contributed by atoms with van der Waals surface area (Å²) in [5.74, 6) is -0.00903. The van der Waals surface area contributed by atoms with Crippen LogP contribution in [-0.4, -0.2) is 53.3 Å². The van der Waals surface area contributed by atoms with Crippen LogP contribution >= 0.6 is 0 Å². The molecule has 1 aliphatic heterocycles. The number of ether oxygens (including phenoxy) is 1. The lowest BCUT2D eigenvalue weighted by Crippen LogP contribution is -2.44. The number of hydrogen-bond donors (Lipinski definition) is 1. The van der Waals surface area contributed by atoms with Crippen molar-refractivity contribution >= 4 is 5.91 Å². The van der Waals surface area contributed by atoms with E-state index in [0.29, 0.717) is 31.7 Å². The number of amides is 1. The summed E-state index contributed by atoms with van der Waals surface area (Å²) in [6, 6.07) is 3.94. The summed E-state index contributed by atoms with van der Waals surface area (Å²) in [5, 5.41) is 9.22. The standard InChI is InChI=1S/C17H26N2O3/c1-2-22-13-9-14-6-5-10-18-16(14)17(21)19-11-4-3-7-15(19)8-12-20/h5-6,10,15,20H,2-4,7-9,11-13H2,1H3/t15-/m0/s1. The monoisotopic (exact) mass is 306 g/mol. The smallest absolute Gasteiger partial charge is 0.272 e. The first-order chi connectivity index (χ1) is 10.8. The molecule has 1 amide bonds. The number of hydrogen-bond acceptors (Lipinski definition) is 4. The molecule has 1 atom stereocenters. The van der Waals surface area contributed by atoms with Gasteiger partial charge in [0.2, 0.25) is 0 Å². The van der Waals surface area contributed by atoms with Gasteiger partial charge in [-0.3, -0.25) is 9.78 Å². The van der Waals surface area contributed by atoms with Gasteiger partial charge in [0.05, 0.1) is 6.61 Å². The molecule has 1 aromatic heterocycles. The van der Waals surface area contributed by atoms with Crippen LogP contribution in [0.2, 0.25) is 0 Å². The molecule has 1 N–H and O–H groups in total. The van der Waals surface area contributed by atoms with E-state index < -0.39 is 0 Å². The van der Waals surface area contributed by atoms with Crippen molar-refractivity contribution in [1.29, 1.82) is 0 Å². The molecule has 1 saturated heterocycles. The number of aromatic nitrogens is 1. The number of carbonyl (C=O) groups is 1. The topological polar surface area (TPSA) is 62.7 Å². The summed E-state index contributed by atoms with van der Waals surface area (Å²) in [6.07, 6.45) is 6.12. The fraction of sp³-hybridized carbons (Fsp3) is 0.647. The zero-order valence-corrected chi connectivity index (χ0v) is 13.3. The Morgan fingerprint density at radius 2 is 2.36 bits per heavy atom. The van der Waals surface area contributed by atoms with E-state index in [2.05, 4.69) is 4.98 Å². The number of aliphatic hydroxyl groups excluding tert-OH is 1. The van der Waals surface area contributed by atoms with Gasteiger partial charge in [0.1, 0.15) is 5.69 Å². The molecular weight excluding hydrogens is 280 g/mol. The predicted molar refractivity (Wildman–Crippen MR) is 84.8 cm³/mol. The van der Waals surface area contributed by atoms with Crippen LogP contribution in [0.25, 0.3) is 0 Å². The first-order valence-corrected chi connectivity index (χ1v) is 8.21. The van der Waals surface area contributed by atoms with Gasteiger partial charge in [-0.25, -0.2) is 0 Å². The fourth-order valence-electron chi connectivity index (χ4n) is 3.01. The van der Waals surface area contributed by atoms with Crippen molar-refractivity contribution in [3.8, 4) is 0 Å². The molecule has 2 rings (SSSR count). The Labute approximate surface area is 132 Å². The molecule has 1 aromatic rings. The molecule has 0 unspecified atom stereocenters. The van der Waals surface area contributed by atoms with Crippen molar-refractivity contribution in [1.82, 2.24) is 9.88 Å². The second-order valence-electron chi connectivity index (χ2n) is 5.62. The third-order valence-corrected chi connectivity index (χ3v) is 4.16. The summed E-state index contributed by atoms with van der Waals surface area (Å²) >= 11 is 0. The number of piperidine rings is 1. The Morgan fingerprint density at radius 3 is 3.14 bits per heavy atom. The fourth-order valence-corrected chi connectivity index (χ4v) is 3.01. The number of carbonyl (C=O) groups excluding carboxylic acids is 1. The minimum absolute atomic E-state index is 0.00903. The Hall–Kier alpha value is -1.46. The quantitative estimate of drug-likeness (QED) is 0.783. The van der Waals surface area contributed by atoms with Crippen molar-refractivity contribution < 1.29 is 14.6 Å². The zero-order valence-electron chi connectivity index (χ0n) is 13.3. The van der Waals surface area contributed by atoms with Crippen molar-refractivity contribution in [2.75, 3.05) is 26.4 Å². The van der Waals surface area contributed by atoms with E-state index in [-0.39, 0.29) is 18.6 Å². The van der Waals surface area contributed by atoms with Gasteiger partial charge in [0.25, 0.3) is 5.91 Å². The van der Waals surface area contributed by atoms with E-state index in [9.17, 15) is 9.90 Å². The Bertz CT molecular complexity index is 477. The van der Waals surface area contributed by atoms with Crippen molar-refractivity contribution in [3.05, 3.63) is 29.6 Å². The molecule has 2 heterocycles. The van der Waals surface area contributed by atoms with Gasteiger partial charge < -0.3 is 14.7 Å². The number of pyridine rings is 1. The number of likely N-dealkylation sites (tertiary alicyclic amines) is 1. The highest BCUT2D eigenvalue weighted by Gasteiger charge is 2.28. The van der Waals surface area contributed by atoms with Crippen LogP contribution < -0.4 is 0 Å². The van der Waals surface area contributed by atoms with Gasteiger partial charge in [-0.15, -0.1) is 0 Å². The second kappa shape index (κ2) is 8.86. The molecule has 5 nitrogen and oxygen atoms in total. The molecule has 0 aliphatic carbocycles. The van der Waals surface area contributed by atoms with Crippen molar-refractivity contribution in [2.24, 2.45) is 0 Å². The summed E-state index contributed by atoms with van der Waals surface area (Å²) in [5.41, 5.74) is 1.47. The molecule has 0 spiro atoms. The minimum Gasteiger partial charge on any atom is -0.396 e. The van der Waals surface area contributed by atoms with Gasteiger partial charge >= 0.3 is 0 Å². The van der Waals surface area contributed by atoms with Crippen LogP contribution in [0, 0.1) is 0 Å². The highest BCUT2D eigenvalue weighted by Crippen LogP contribution is 2.22. The van der Waals surface area contributed by atoms with E-state index in [4.69, 9.17) is 4.74 Å². The summed E-state index contributed by atoms with van der Waals surface area (Å²) in [4.78, 5) is 19.1. The largest absolute Gasteiger partial charge is 0.396 e. The van der Waals surface area contributed by atoms with Crippen LogP contribution in [0.1, 0.15) is 48.7 Å². The van der Waals surface area contributed by atoms with Crippen LogP contribution in [-0.2, 0) is 11.2 Å². The Morgan fingerprint density at radius 1 is 1.50 bits per heavy atom. The normalized spacial score (nSPS) is 18.5. The molecule has 5 heteroatoms. The van der Waals surface area contributed by atoms with Crippen molar-refractivity contribution in [3.63, 3.8) is 0 Å². The number of aliphatic hydroxyl groups is 1. The summed E-state index contributed by atoms with van der Waals surface area (Å²) in [6.45, 7) is 4.11. The maximum Gasteiger partial charge on any atom is 0.272 e. The van der Waals surface area contributed by atoms with E-state index in [1.807, 2.05) is 24.0 Å². The van der Waals surface area contributed by atoms with E-state index in [1.54, 1.807) is 6.20 Å². The average molecular weight is 306 g/mol. The zero-order chi connectivity index (χ0) is 15.8. The summed E-state index contributed by atoms with van der Waals surface area (Å²) < 4.78 is 5.39. The van der Waals surface area contributed by atoms with Gasteiger partial charge in [0, 0.05) is 32.0 Å². The third kappa shape index (κ3) is 4.27. The highest BCUT2D eigenvalue weighted by atomic mass is 16.5. The first-order valence-electron chi connectivity index (χ1n) is 8.21. The maximum absolute atomic E-state index is 12.9. The van der Waals surface area contributed by atoms with Crippen LogP contribution in [0.5, 0.6) is 0 Å². The average Bonchev–Trinajstić information content (AvgIpc) is 2.56. The van der Waals surface area contributed by atoms with Gasteiger partial charge in [-0.1, -0.05) is 6.07 Å². The lowest BCUT2D eigenvalue weighted by molar-refractivity contribution is 0.0566. The SMILES string of the molecule is CCOCCc1cccnc1C(=O)N1CCCC[C@H]1CCO. The predicted octanol–water partition coefficient (Wildman–Crippen LogP) is 2.04. The second-order valence-corrected chi connectivity index (χ2v) is 5.62. The Balaban J connectivity index is 2.13. The molecule has 0 saturated carbocycles. The molecule has 22 heavy (non-hydrogen) atoms. The van der Waals surface area contributed by atoms with Gasteiger partial charge in [-0.05, 0) is 50.7 Å². The van der Waals surface area contributed by atoms with Gasteiger partial charge in [0.15, 0.2) is 0 Å².